The number of morpholine rings is 1. The molecule has 2 heterocycles. The van der Waals surface area contributed by atoms with Crippen molar-refractivity contribution in [3.05, 3.63) is 28.1 Å². The number of aryl methyl sites for hydroxylation is 1. The van der Waals surface area contributed by atoms with E-state index in [1.54, 1.807) is 11.9 Å². The minimum absolute atomic E-state index is 0.0343. The summed E-state index contributed by atoms with van der Waals surface area (Å²) >= 11 is 3.32. The highest BCUT2D eigenvalue weighted by Crippen LogP contribution is 2.18. The number of carbonyl (C=O) groups excluding carboxylic acids is 1. The molecule has 0 spiro atoms. The lowest BCUT2D eigenvalue weighted by Gasteiger charge is -2.32. The molecule has 1 saturated heterocycles. The molecule has 1 aliphatic rings. The number of halogens is 1. The van der Waals surface area contributed by atoms with Gasteiger partial charge in [0, 0.05) is 31.5 Å². The fraction of sp³-hybridized carbons (Fsp3) is 0.545. The van der Waals surface area contributed by atoms with Crippen LogP contribution in [0.2, 0.25) is 0 Å². The average Bonchev–Trinajstić information content (AvgIpc) is 2.80. The van der Waals surface area contributed by atoms with Crippen LogP contribution in [0.15, 0.2) is 12.3 Å². The first-order valence-electron chi connectivity index (χ1n) is 5.80. The predicted octanol–water partition coefficient (Wildman–Crippen LogP) is 1.17. The molecule has 1 fully saturated rings. The van der Waals surface area contributed by atoms with E-state index in [1.165, 1.54) is 16.8 Å². The van der Waals surface area contributed by atoms with Gasteiger partial charge in [-0.3, -0.25) is 14.9 Å². The number of rotatable bonds is 3. The molecule has 0 bridgehead atoms. The summed E-state index contributed by atoms with van der Waals surface area (Å²) in [6, 6.07) is 1.31. The maximum absolute atomic E-state index is 12.3. The highest BCUT2D eigenvalue weighted by Gasteiger charge is 2.27. The monoisotopic (exact) mass is 331 g/mol. The predicted molar refractivity (Wildman–Crippen MR) is 71.5 cm³/mol. The molecule has 19 heavy (non-hydrogen) atoms. The van der Waals surface area contributed by atoms with Crippen LogP contribution in [0, 0.1) is 10.1 Å². The van der Waals surface area contributed by atoms with E-state index in [1.807, 2.05) is 0 Å². The minimum Gasteiger partial charge on any atom is -0.374 e. The van der Waals surface area contributed by atoms with Crippen LogP contribution in [-0.4, -0.2) is 51.4 Å². The molecule has 0 aromatic carbocycles. The number of nitro groups is 1. The number of hydrogen-bond donors (Lipinski definition) is 0. The van der Waals surface area contributed by atoms with Crippen molar-refractivity contribution in [2.75, 3.05) is 25.0 Å². The van der Waals surface area contributed by atoms with Gasteiger partial charge in [0.25, 0.3) is 11.6 Å². The lowest BCUT2D eigenvalue weighted by Crippen LogP contribution is -2.46. The van der Waals surface area contributed by atoms with Crippen LogP contribution in [0.4, 0.5) is 5.69 Å². The first-order valence-corrected chi connectivity index (χ1v) is 6.92. The van der Waals surface area contributed by atoms with Crippen molar-refractivity contribution in [1.82, 2.24) is 9.47 Å². The molecule has 104 valence electrons. The molecule has 1 amide bonds. The lowest BCUT2D eigenvalue weighted by molar-refractivity contribution is -0.384. The quantitative estimate of drug-likeness (QED) is 0.473. The Labute approximate surface area is 118 Å². The highest BCUT2D eigenvalue weighted by molar-refractivity contribution is 9.09. The van der Waals surface area contributed by atoms with Gasteiger partial charge in [0.15, 0.2) is 0 Å². The fourth-order valence-corrected chi connectivity index (χ4v) is 2.41. The average molecular weight is 332 g/mol. The van der Waals surface area contributed by atoms with E-state index in [9.17, 15) is 14.9 Å². The molecular formula is C11H14BrN3O4. The Hall–Kier alpha value is -1.41. The zero-order chi connectivity index (χ0) is 14.0. The maximum atomic E-state index is 12.3. The number of nitrogens with zero attached hydrogens (tertiary/aromatic N) is 3. The molecule has 0 aliphatic carbocycles. The number of aromatic nitrogens is 1. The minimum atomic E-state index is -0.503. The maximum Gasteiger partial charge on any atom is 0.287 e. The Morgan fingerprint density at radius 3 is 3.00 bits per heavy atom. The third-order valence-electron chi connectivity index (χ3n) is 3.02. The summed E-state index contributed by atoms with van der Waals surface area (Å²) in [5.41, 5.74) is 0.248. The Morgan fingerprint density at radius 2 is 2.42 bits per heavy atom. The second-order valence-electron chi connectivity index (χ2n) is 4.35. The van der Waals surface area contributed by atoms with E-state index in [4.69, 9.17) is 4.74 Å². The molecule has 2 rings (SSSR count). The largest absolute Gasteiger partial charge is 0.374 e. The van der Waals surface area contributed by atoms with Crippen LogP contribution in [-0.2, 0) is 11.8 Å². The summed E-state index contributed by atoms with van der Waals surface area (Å²) in [5, 5.41) is 11.4. The standard InChI is InChI=1S/C11H14BrN3O4/c1-13-6-8(15(17)18)4-10(13)11(16)14-2-3-19-9(5-12)7-14/h4,6,9H,2-3,5,7H2,1H3. The van der Waals surface area contributed by atoms with E-state index in [-0.39, 0.29) is 17.7 Å². The van der Waals surface area contributed by atoms with Gasteiger partial charge in [-0.15, -0.1) is 0 Å². The van der Waals surface area contributed by atoms with Crippen LogP contribution in [0.1, 0.15) is 10.5 Å². The normalized spacial score (nSPS) is 19.5. The lowest BCUT2D eigenvalue weighted by atomic mass is 10.2. The number of alkyl halides is 1. The summed E-state index contributed by atoms with van der Waals surface area (Å²) in [7, 11) is 1.63. The highest BCUT2D eigenvalue weighted by atomic mass is 79.9. The molecule has 1 aromatic rings. The molecule has 1 aromatic heterocycles. The Bertz CT molecular complexity index is 502. The fourth-order valence-electron chi connectivity index (χ4n) is 2.02. The van der Waals surface area contributed by atoms with Crippen LogP contribution in [0.3, 0.4) is 0 Å². The Balaban J connectivity index is 2.17. The zero-order valence-corrected chi connectivity index (χ0v) is 12.0. The number of ether oxygens (including phenoxy) is 1. The van der Waals surface area contributed by atoms with Crippen molar-refractivity contribution in [3.8, 4) is 0 Å². The molecule has 0 saturated carbocycles. The number of amides is 1. The van der Waals surface area contributed by atoms with Gasteiger partial charge in [-0.25, -0.2) is 0 Å². The van der Waals surface area contributed by atoms with Gasteiger partial charge in [0.2, 0.25) is 0 Å². The van der Waals surface area contributed by atoms with Crippen LogP contribution < -0.4 is 0 Å². The van der Waals surface area contributed by atoms with Crippen molar-refractivity contribution < 1.29 is 14.5 Å². The smallest absolute Gasteiger partial charge is 0.287 e. The van der Waals surface area contributed by atoms with Gasteiger partial charge < -0.3 is 14.2 Å². The van der Waals surface area contributed by atoms with Gasteiger partial charge in [-0.05, 0) is 0 Å². The van der Waals surface area contributed by atoms with Crippen LogP contribution in [0.5, 0.6) is 0 Å². The first-order chi connectivity index (χ1) is 9.02. The van der Waals surface area contributed by atoms with Gasteiger partial charge in [0.05, 0.1) is 23.8 Å². The Kier molecular flexibility index (Phi) is 4.20. The first kappa shape index (κ1) is 14.0. The van der Waals surface area contributed by atoms with Crippen molar-refractivity contribution >= 4 is 27.5 Å². The summed E-state index contributed by atoms with van der Waals surface area (Å²) in [6.45, 7) is 1.47. The third kappa shape index (κ3) is 2.95. The van der Waals surface area contributed by atoms with Crippen molar-refractivity contribution in [2.24, 2.45) is 7.05 Å². The SMILES string of the molecule is Cn1cc([N+](=O)[O-])cc1C(=O)N1CCOC(CBr)C1. The van der Waals surface area contributed by atoms with Gasteiger partial charge in [-0.1, -0.05) is 15.9 Å². The summed E-state index contributed by atoms with van der Waals surface area (Å²) in [4.78, 5) is 24.2. The van der Waals surface area contributed by atoms with E-state index in [0.717, 1.165) is 0 Å². The molecule has 1 atom stereocenters. The third-order valence-corrected chi connectivity index (χ3v) is 3.74. The van der Waals surface area contributed by atoms with Gasteiger partial charge in [0.1, 0.15) is 5.69 Å². The van der Waals surface area contributed by atoms with E-state index in [2.05, 4.69) is 15.9 Å². The molecule has 7 nitrogen and oxygen atoms in total. The van der Waals surface area contributed by atoms with E-state index >= 15 is 0 Å². The molecule has 0 N–H and O–H groups in total. The topological polar surface area (TPSA) is 77.6 Å². The van der Waals surface area contributed by atoms with Crippen molar-refractivity contribution in [1.29, 1.82) is 0 Å². The van der Waals surface area contributed by atoms with Crippen LogP contribution >= 0.6 is 15.9 Å². The molecular weight excluding hydrogens is 318 g/mol. The molecule has 8 heteroatoms. The summed E-state index contributed by atoms with van der Waals surface area (Å²) in [5.74, 6) is -0.204. The van der Waals surface area contributed by atoms with Crippen molar-refractivity contribution in [3.63, 3.8) is 0 Å². The van der Waals surface area contributed by atoms with E-state index < -0.39 is 4.92 Å². The van der Waals surface area contributed by atoms with E-state index in [0.29, 0.717) is 30.7 Å². The van der Waals surface area contributed by atoms with Crippen LogP contribution in [0.25, 0.3) is 0 Å². The van der Waals surface area contributed by atoms with Gasteiger partial charge >= 0.3 is 0 Å². The zero-order valence-electron chi connectivity index (χ0n) is 10.4. The molecule has 1 unspecified atom stereocenters. The Morgan fingerprint density at radius 1 is 1.68 bits per heavy atom. The number of hydrogen-bond acceptors (Lipinski definition) is 4. The second-order valence-corrected chi connectivity index (χ2v) is 5.00. The second kappa shape index (κ2) is 5.70. The van der Waals surface area contributed by atoms with Crippen molar-refractivity contribution in [2.45, 2.75) is 6.10 Å². The van der Waals surface area contributed by atoms with Gasteiger partial charge in [-0.2, -0.15) is 0 Å². The number of carbonyl (C=O) groups is 1. The molecule has 0 radical (unpaired) electrons. The summed E-state index contributed by atoms with van der Waals surface area (Å²) in [6.07, 6.45) is 1.31. The molecule has 1 aliphatic heterocycles. The summed E-state index contributed by atoms with van der Waals surface area (Å²) < 4.78 is 6.95.